The van der Waals surface area contributed by atoms with E-state index in [0.29, 0.717) is 18.0 Å². The number of nitrogens with zero attached hydrogens (tertiary/aromatic N) is 4. The molecule has 0 aliphatic rings. The summed E-state index contributed by atoms with van der Waals surface area (Å²) in [6.45, 7) is 3.54. The third-order valence-corrected chi connectivity index (χ3v) is 3.57. The molecule has 0 aliphatic heterocycles. The van der Waals surface area contributed by atoms with Gasteiger partial charge >= 0.3 is 0 Å². The number of aromatic nitrogens is 4. The Bertz CT molecular complexity index is 749. The minimum atomic E-state index is -0.0727. The number of rotatable bonds is 6. The highest BCUT2D eigenvalue weighted by Gasteiger charge is 2.09. The van der Waals surface area contributed by atoms with Crippen LogP contribution in [-0.2, 0) is 6.54 Å². The number of nitrogens with one attached hydrogen (secondary N) is 1. The Morgan fingerprint density at radius 1 is 1.26 bits per heavy atom. The van der Waals surface area contributed by atoms with Crippen molar-refractivity contribution in [3.63, 3.8) is 0 Å². The van der Waals surface area contributed by atoms with Gasteiger partial charge in [0.15, 0.2) is 0 Å². The molecule has 0 spiro atoms. The van der Waals surface area contributed by atoms with E-state index in [1.165, 1.54) is 0 Å². The van der Waals surface area contributed by atoms with Gasteiger partial charge in [-0.15, -0.1) is 0 Å². The highest BCUT2D eigenvalue weighted by atomic mass is 16.1. The third-order valence-electron chi connectivity index (χ3n) is 3.57. The van der Waals surface area contributed by atoms with E-state index in [0.717, 1.165) is 12.2 Å². The van der Waals surface area contributed by atoms with Gasteiger partial charge in [-0.3, -0.25) is 4.79 Å². The molecular formula is C17H19N5O. The van der Waals surface area contributed by atoms with Crippen LogP contribution in [0.3, 0.4) is 0 Å². The van der Waals surface area contributed by atoms with Gasteiger partial charge in [-0.25, -0.2) is 9.67 Å². The molecule has 3 rings (SSSR count). The van der Waals surface area contributed by atoms with Crippen molar-refractivity contribution in [2.45, 2.75) is 13.5 Å². The second-order valence-corrected chi connectivity index (χ2v) is 5.58. The lowest BCUT2D eigenvalue weighted by Gasteiger charge is -2.13. The number of amides is 1. The molecule has 23 heavy (non-hydrogen) atoms. The van der Waals surface area contributed by atoms with Crippen LogP contribution >= 0.6 is 0 Å². The summed E-state index contributed by atoms with van der Waals surface area (Å²) in [7, 11) is 0. The van der Waals surface area contributed by atoms with Crippen LogP contribution in [0.1, 0.15) is 17.3 Å². The van der Waals surface area contributed by atoms with Gasteiger partial charge in [0.05, 0.1) is 12.0 Å². The summed E-state index contributed by atoms with van der Waals surface area (Å²) in [4.78, 5) is 16.3. The second kappa shape index (κ2) is 6.91. The Morgan fingerprint density at radius 2 is 2.17 bits per heavy atom. The van der Waals surface area contributed by atoms with E-state index in [9.17, 15) is 4.79 Å². The molecule has 0 aliphatic carbocycles. The summed E-state index contributed by atoms with van der Waals surface area (Å²) in [6, 6.07) is 9.28. The summed E-state index contributed by atoms with van der Waals surface area (Å²) in [5.41, 5.74) is 1.50. The minimum Gasteiger partial charge on any atom is -0.352 e. The molecule has 0 unspecified atom stereocenters. The van der Waals surface area contributed by atoms with Crippen LogP contribution < -0.4 is 5.32 Å². The summed E-state index contributed by atoms with van der Waals surface area (Å²) < 4.78 is 3.74. The zero-order chi connectivity index (χ0) is 16.1. The normalized spacial score (nSPS) is 12.0. The Morgan fingerprint density at radius 3 is 2.91 bits per heavy atom. The van der Waals surface area contributed by atoms with Crippen molar-refractivity contribution in [2.75, 3.05) is 6.54 Å². The van der Waals surface area contributed by atoms with Crippen LogP contribution in [0.15, 0.2) is 61.4 Å². The molecule has 1 aromatic carbocycles. The lowest BCUT2D eigenvalue weighted by Crippen LogP contribution is -2.29. The molecule has 0 saturated heterocycles. The molecule has 0 fully saturated rings. The number of benzene rings is 1. The average molecular weight is 309 g/mol. The Labute approximate surface area is 134 Å². The van der Waals surface area contributed by atoms with Crippen molar-refractivity contribution in [3.05, 3.63) is 67.0 Å². The fourth-order valence-electron chi connectivity index (χ4n) is 2.40. The van der Waals surface area contributed by atoms with E-state index in [4.69, 9.17) is 0 Å². The van der Waals surface area contributed by atoms with Crippen LogP contribution in [-0.4, -0.2) is 31.8 Å². The van der Waals surface area contributed by atoms with E-state index in [1.54, 1.807) is 23.4 Å². The van der Waals surface area contributed by atoms with Crippen LogP contribution in [0.5, 0.6) is 0 Å². The van der Waals surface area contributed by atoms with E-state index < -0.39 is 0 Å². The zero-order valence-electron chi connectivity index (χ0n) is 13.0. The number of imidazole rings is 1. The second-order valence-electron chi connectivity index (χ2n) is 5.58. The quantitative estimate of drug-likeness (QED) is 0.758. The molecule has 6 nitrogen and oxygen atoms in total. The van der Waals surface area contributed by atoms with Crippen molar-refractivity contribution >= 4 is 5.91 Å². The molecular weight excluding hydrogens is 290 g/mol. The van der Waals surface area contributed by atoms with Crippen molar-refractivity contribution in [1.29, 1.82) is 0 Å². The topological polar surface area (TPSA) is 64.7 Å². The largest absolute Gasteiger partial charge is 0.352 e. The first kappa shape index (κ1) is 15.0. The number of carbonyl (C=O) groups is 1. The van der Waals surface area contributed by atoms with E-state index in [2.05, 4.69) is 22.3 Å². The zero-order valence-corrected chi connectivity index (χ0v) is 13.0. The maximum atomic E-state index is 12.3. The predicted octanol–water partition coefficient (Wildman–Crippen LogP) is 2.13. The Hall–Kier alpha value is -2.89. The highest BCUT2D eigenvalue weighted by Crippen LogP contribution is 2.10. The van der Waals surface area contributed by atoms with Gasteiger partial charge in [0.25, 0.3) is 5.91 Å². The van der Waals surface area contributed by atoms with Gasteiger partial charge in [-0.2, -0.15) is 5.10 Å². The molecule has 6 heteroatoms. The molecule has 1 amide bonds. The van der Waals surface area contributed by atoms with Gasteiger partial charge < -0.3 is 9.88 Å². The van der Waals surface area contributed by atoms with Gasteiger partial charge in [0, 0.05) is 43.4 Å². The molecule has 3 aromatic rings. The van der Waals surface area contributed by atoms with Crippen molar-refractivity contribution in [3.8, 4) is 5.69 Å². The predicted molar refractivity (Wildman–Crippen MR) is 87.3 cm³/mol. The molecule has 2 heterocycles. The Kier molecular flexibility index (Phi) is 4.52. The SMILES string of the molecule is C[C@@H](CNC(=O)c1cccc(-n2cccn2)c1)Cn1ccnc1. The summed E-state index contributed by atoms with van der Waals surface area (Å²) in [6.07, 6.45) is 9.03. The molecule has 118 valence electrons. The van der Waals surface area contributed by atoms with E-state index in [1.807, 2.05) is 47.3 Å². The standard InChI is InChI=1S/C17H19N5O/c1-14(12-21-9-7-18-13-21)11-19-17(23)15-4-2-5-16(10-15)22-8-3-6-20-22/h2-10,13-14H,11-12H2,1H3,(H,19,23)/t14-/m0/s1. The van der Waals surface area contributed by atoms with Crippen molar-refractivity contribution < 1.29 is 4.79 Å². The van der Waals surface area contributed by atoms with Gasteiger partial charge in [0.2, 0.25) is 0 Å². The van der Waals surface area contributed by atoms with Crippen molar-refractivity contribution in [2.24, 2.45) is 5.92 Å². The molecule has 0 saturated carbocycles. The van der Waals surface area contributed by atoms with Crippen LogP contribution in [0, 0.1) is 5.92 Å². The van der Waals surface area contributed by atoms with Crippen LogP contribution in [0.4, 0.5) is 0 Å². The first-order valence-corrected chi connectivity index (χ1v) is 7.56. The molecule has 0 radical (unpaired) electrons. The maximum Gasteiger partial charge on any atom is 0.251 e. The lowest BCUT2D eigenvalue weighted by molar-refractivity contribution is 0.0947. The fourth-order valence-corrected chi connectivity index (χ4v) is 2.40. The summed E-state index contributed by atoms with van der Waals surface area (Å²) in [5.74, 6) is 0.249. The summed E-state index contributed by atoms with van der Waals surface area (Å²) in [5, 5.41) is 7.16. The average Bonchev–Trinajstić information content (AvgIpc) is 3.26. The first-order chi connectivity index (χ1) is 11.2. The number of hydrogen-bond donors (Lipinski definition) is 1. The molecule has 0 bridgehead atoms. The monoisotopic (exact) mass is 309 g/mol. The Balaban J connectivity index is 1.59. The van der Waals surface area contributed by atoms with Gasteiger partial charge in [-0.05, 0) is 30.2 Å². The molecule has 1 N–H and O–H groups in total. The van der Waals surface area contributed by atoms with E-state index in [-0.39, 0.29) is 5.91 Å². The van der Waals surface area contributed by atoms with Crippen LogP contribution in [0.2, 0.25) is 0 Å². The third kappa shape index (κ3) is 3.85. The first-order valence-electron chi connectivity index (χ1n) is 7.56. The number of carbonyl (C=O) groups excluding carboxylic acids is 1. The highest BCUT2D eigenvalue weighted by molar-refractivity contribution is 5.94. The molecule has 1 atom stereocenters. The van der Waals surface area contributed by atoms with E-state index >= 15 is 0 Å². The van der Waals surface area contributed by atoms with Crippen molar-refractivity contribution in [1.82, 2.24) is 24.6 Å². The van der Waals surface area contributed by atoms with Gasteiger partial charge in [-0.1, -0.05) is 13.0 Å². The number of hydrogen-bond acceptors (Lipinski definition) is 3. The fraction of sp³-hybridized carbons (Fsp3) is 0.235. The smallest absolute Gasteiger partial charge is 0.251 e. The summed E-state index contributed by atoms with van der Waals surface area (Å²) >= 11 is 0. The lowest BCUT2D eigenvalue weighted by atomic mass is 10.1. The maximum absolute atomic E-state index is 12.3. The van der Waals surface area contributed by atoms with Crippen LogP contribution in [0.25, 0.3) is 5.69 Å². The molecule has 2 aromatic heterocycles. The van der Waals surface area contributed by atoms with Gasteiger partial charge in [0.1, 0.15) is 0 Å². The minimum absolute atomic E-state index is 0.0727.